The zero-order valence-electron chi connectivity index (χ0n) is 18.8. The van der Waals surface area contributed by atoms with E-state index in [-0.39, 0.29) is 32.7 Å². The molecule has 0 amide bonds. The highest BCUT2D eigenvalue weighted by Gasteiger charge is 2.21. The summed E-state index contributed by atoms with van der Waals surface area (Å²) in [6.07, 6.45) is 3.91. The summed E-state index contributed by atoms with van der Waals surface area (Å²) < 4.78 is 3.98. The maximum absolute atomic E-state index is 11.2. The van der Waals surface area contributed by atoms with Crippen LogP contribution in [-0.4, -0.2) is 15.6 Å². The van der Waals surface area contributed by atoms with Crippen molar-refractivity contribution in [2.24, 2.45) is 0 Å². The Kier molecular flexibility index (Phi) is 6.88. The average molecular weight is 535 g/mol. The van der Waals surface area contributed by atoms with E-state index in [2.05, 4.69) is 4.40 Å². The number of hydrogen-bond acceptors (Lipinski definition) is 11. The number of rotatable bonds is 6. The van der Waals surface area contributed by atoms with E-state index in [1.54, 1.807) is 59.1 Å². The SMILES string of the molecule is [O-]N(O)c1ccc(/C=c2\sc3scc(-c4ccc(N([O-])O)cc4)[n+]3\c2=C\c2ccc(N([O-])O)cc2)cc1. The first kappa shape index (κ1) is 24.8. The molecule has 0 fully saturated rings. The Morgan fingerprint density at radius 2 is 1.11 bits per heavy atom. The zero-order valence-corrected chi connectivity index (χ0v) is 20.5. The highest BCUT2D eigenvalue weighted by molar-refractivity contribution is 7.34. The van der Waals surface area contributed by atoms with E-state index >= 15 is 0 Å². The van der Waals surface area contributed by atoms with Gasteiger partial charge in [0.2, 0.25) is 11.0 Å². The lowest BCUT2D eigenvalue weighted by molar-refractivity contribution is -0.506. The molecule has 0 atom stereocenters. The minimum Gasteiger partial charge on any atom is -0.733 e. The Labute approximate surface area is 217 Å². The van der Waals surface area contributed by atoms with Gasteiger partial charge in [0.15, 0.2) is 0 Å². The average Bonchev–Trinajstić information content (AvgIpc) is 3.44. The van der Waals surface area contributed by atoms with Crippen LogP contribution in [0.2, 0.25) is 0 Å². The molecule has 0 radical (unpaired) electrons. The maximum atomic E-state index is 11.2. The van der Waals surface area contributed by atoms with Crippen LogP contribution in [0.1, 0.15) is 11.1 Å². The summed E-state index contributed by atoms with van der Waals surface area (Å²) in [5.74, 6) is 0. The number of thiazole rings is 2. The van der Waals surface area contributed by atoms with Crippen molar-refractivity contribution in [1.29, 1.82) is 0 Å². The number of anilines is 3. The largest absolute Gasteiger partial charge is 0.733 e. The first-order chi connectivity index (χ1) is 17.8. The summed E-state index contributed by atoms with van der Waals surface area (Å²) in [6.45, 7) is 0. The van der Waals surface area contributed by atoms with Crippen molar-refractivity contribution in [1.82, 2.24) is 0 Å². The van der Waals surface area contributed by atoms with Crippen LogP contribution in [0.25, 0.3) is 27.6 Å². The first-order valence-corrected chi connectivity index (χ1v) is 12.4. The number of benzene rings is 3. The van der Waals surface area contributed by atoms with Gasteiger partial charge in [-0.3, -0.25) is 15.6 Å². The fourth-order valence-electron chi connectivity index (χ4n) is 3.77. The molecule has 2 heterocycles. The van der Waals surface area contributed by atoms with Crippen LogP contribution in [0, 0.1) is 15.6 Å². The van der Waals surface area contributed by atoms with Crippen LogP contribution in [0.4, 0.5) is 17.1 Å². The fourth-order valence-corrected chi connectivity index (χ4v) is 6.05. The van der Waals surface area contributed by atoms with Gasteiger partial charge in [0, 0.05) is 11.6 Å². The van der Waals surface area contributed by atoms with E-state index in [0.29, 0.717) is 0 Å². The molecule has 3 N–H and O–H groups in total. The van der Waals surface area contributed by atoms with Crippen LogP contribution >= 0.6 is 22.7 Å². The van der Waals surface area contributed by atoms with Crippen molar-refractivity contribution in [2.45, 2.75) is 0 Å². The predicted octanol–water partition coefficient (Wildman–Crippen LogP) is 3.95. The Balaban J connectivity index is 1.71. The summed E-state index contributed by atoms with van der Waals surface area (Å²) in [5, 5.41) is 63.2. The molecule has 37 heavy (non-hydrogen) atoms. The Morgan fingerprint density at radius 3 is 1.59 bits per heavy atom. The van der Waals surface area contributed by atoms with Crippen LogP contribution in [0.5, 0.6) is 0 Å². The predicted molar refractivity (Wildman–Crippen MR) is 143 cm³/mol. The molecule has 5 aromatic rings. The molecule has 3 aromatic carbocycles. The van der Waals surface area contributed by atoms with Gasteiger partial charge in [-0.25, -0.2) is 0 Å². The third-order valence-electron chi connectivity index (χ3n) is 5.60. The van der Waals surface area contributed by atoms with Crippen LogP contribution in [0.15, 0.2) is 78.2 Å². The lowest BCUT2D eigenvalue weighted by atomic mass is 10.1. The quantitative estimate of drug-likeness (QED) is 0.218. The number of aromatic nitrogens is 1. The molecule has 0 saturated heterocycles. The van der Waals surface area contributed by atoms with Crippen molar-refractivity contribution < 1.29 is 20.0 Å². The second-order valence-corrected chi connectivity index (χ2v) is 10.1. The second kappa shape index (κ2) is 10.3. The van der Waals surface area contributed by atoms with Crippen molar-refractivity contribution in [3.8, 4) is 11.3 Å². The molecular weight excluding hydrogens is 516 g/mol. The van der Waals surface area contributed by atoms with Gasteiger partial charge in [0.05, 0.1) is 22.4 Å². The van der Waals surface area contributed by atoms with Gasteiger partial charge < -0.3 is 31.3 Å². The van der Waals surface area contributed by atoms with Gasteiger partial charge in [-0.05, 0) is 65.7 Å². The number of hydrogen-bond donors (Lipinski definition) is 3. The normalized spacial score (nSPS) is 12.4. The van der Waals surface area contributed by atoms with Crippen LogP contribution in [0.3, 0.4) is 0 Å². The van der Waals surface area contributed by atoms with Crippen molar-refractivity contribution in [3.63, 3.8) is 0 Å². The molecule has 12 heteroatoms. The molecule has 0 aliphatic heterocycles. The minimum atomic E-state index is -0.199. The number of nitrogens with zero attached hydrogens (tertiary/aromatic N) is 4. The van der Waals surface area contributed by atoms with Gasteiger partial charge in [0.1, 0.15) is 4.53 Å². The van der Waals surface area contributed by atoms with Crippen LogP contribution in [-0.2, 0) is 0 Å². The Morgan fingerprint density at radius 1 is 0.649 bits per heavy atom. The molecule has 0 aliphatic rings. The monoisotopic (exact) mass is 534 g/mol. The summed E-state index contributed by atoms with van der Waals surface area (Å²) in [7, 11) is 0. The smallest absolute Gasteiger partial charge is 0.326 e. The third-order valence-corrected chi connectivity index (χ3v) is 7.77. The Bertz CT molecular complexity index is 1650. The molecular formula is C25H18N4O6S2-2. The lowest BCUT2D eigenvalue weighted by Crippen LogP contribution is -2.44. The number of fused-ring (bicyclic) bond motifs is 1. The summed E-state index contributed by atoms with van der Waals surface area (Å²) in [6, 6.07) is 19.5. The summed E-state index contributed by atoms with van der Waals surface area (Å²) in [5.41, 5.74) is 3.66. The lowest BCUT2D eigenvalue weighted by Gasteiger charge is -2.21. The van der Waals surface area contributed by atoms with Crippen molar-refractivity contribution in [3.05, 3.63) is 115 Å². The van der Waals surface area contributed by atoms with Gasteiger partial charge >= 0.3 is 4.14 Å². The fraction of sp³-hybridized carbons (Fsp3) is 0. The van der Waals surface area contributed by atoms with Gasteiger partial charge in [-0.1, -0.05) is 46.9 Å². The van der Waals surface area contributed by atoms with Crippen molar-refractivity contribution >= 4 is 56.0 Å². The van der Waals surface area contributed by atoms with Gasteiger partial charge in [-0.15, -0.1) is 4.40 Å². The molecule has 5 rings (SSSR count). The highest BCUT2D eigenvalue weighted by Crippen LogP contribution is 2.24. The first-order valence-electron chi connectivity index (χ1n) is 10.7. The molecule has 188 valence electrons. The second-order valence-electron chi connectivity index (χ2n) is 7.91. The standard InChI is InChI=1S/C25H18N4O6S2/c30-27(31)19-7-1-16(2-8-19)13-22-24(14-17-3-9-20(10-4-17)28(32)33)37-25-26(22)23(15-36-25)18-5-11-21(12-6-18)29(34)35/h1-15,30,32,34H/q-2/b22-13+,24-14-. The van der Waals surface area contributed by atoms with E-state index in [0.717, 1.165) is 36.4 Å². The summed E-state index contributed by atoms with van der Waals surface area (Å²) in [4.78, 5) is 0. The molecule has 0 bridgehead atoms. The molecule has 10 nitrogen and oxygen atoms in total. The van der Waals surface area contributed by atoms with E-state index in [1.165, 1.54) is 36.4 Å². The topological polar surface area (TPSA) is 144 Å². The van der Waals surface area contributed by atoms with E-state index in [4.69, 9.17) is 15.6 Å². The van der Waals surface area contributed by atoms with E-state index in [1.807, 2.05) is 17.5 Å². The molecule has 0 spiro atoms. The Hall–Kier alpha value is -3.85. The molecule has 0 unspecified atom stereocenters. The van der Waals surface area contributed by atoms with Crippen LogP contribution < -0.4 is 30.0 Å². The van der Waals surface area contributed by atoms with Gasteiger partial charge in [-0.2, -0.15) is 0 Å². The third kappa shape index (κ3) is 5.17. The molecule has 0 saturated carbocycles. The minimum absolute atomic E-state index is 0.107. The maximum Gasteiger partial charge on any atom is 0.326 e. The molecule has 2 aromatic heterocycles. The van der Waals surface area contributed by atoms with Gasteiger partial charge in [0.25, 0.3) is 0 Å². The summed E-state index contributed by atoms with van der Waals surface area (Å²) >= 11 is 3.10. The zero-order chi connectivity index (χ0) is 26.1. The van der Waals surface area contributed by atoms with Crippen molar-refractivity contribution in [2.75, 3.05) is 15.7 Å². The highest BCUT2D eigenvalue weighted by atomic mass is 32.2. The van der Waals surface area contributed by atoms with E-state index in [9.17, 15) is 15.6 Å². The molecule has 0 aliphatic carbocycles. The van der Waals surface area contributed by atoms with E-state index < -0.39 is 0 Å².